The summed E-state index contributed by atoms with van der Waals surface area (Å²) in [6.07, 6.45) is 0. The van der Waals surface area contributed by atoms with E-state index in [-0.39, 0.29) is 6.04 Å². The normalized spacial score (nSPS) is 15.8. The lowest BCUT2D eigenvalue weighted by Crippen LogP contribution is -2.46. The molecular formula is C29H20Cl2N6S. The van der Waals surface area contributed by atoms with Gasteiger partial charge in [0.1, 0.15) is 6.04 Å². The van der Waals surface area contributed by atoms with Gasteiger partial charge < -0.3 is 10.2 Å². The van der Waals surface area contributed by atoms with Crippen molar-refractivity contribution in [2.75, 3.05) is 10.2 Å². The number of rotatable bonds is 3. The summed E-state index contributed by atoms with van der Waals surface area (Å²) in [5.74, 6) is 2.09. The molecule has 0 aliphatic carbocycles. The fourth-order valence-corrected chi connectivity index (χ4v) is 6.38. The second kappa shape index (κ2) is 9.13. The standard InChI is InChI=1S/C29H20Cl2N6S/c1-17-25-26(24-12-7-13-38-24)36-23-11-6-5-10-22(23)33-27(32-20-15-18(30)14-19(31)16-20)29(36)34-28(25)37(35-17)21-8-3-2-4-9-21/h2-16,26H,1H3,(H,32,33). The molecule has 2 aliphatic rings. The SMILES string of the molecule is Cc1nn(-c2ccccc2)c2c1C(c1cccs1)N1C(=N2)C(Nc2cc(Cl)cc(Cl)c2)=Nc2ccccc21. The van der Waals surface area contributed by atoms with Crippen molar-refractivity contribution < 1.29 is 0 Å². The van der Waals surface area contributed by atoms with Crippen molar-refractivity contribution in [1.29, 1.82) is 0 Å². The minimum absolute atomic E-state index is 0.133. The molecule has 0 bridgehead atoms. The first kappa shape index (κ1) is 23.2. The maximum Gasteiger partial charge on any atom is 0.179 e. The molecule has 1 atom stereocenters. The maximum atomic E-state index is 6.32. The van der Waals surface area contributed by atoms with Gasteiger partial charge in [-0.1, -0.05) is 59.6 Å². The number of fused-ring (bicyclic) bond motifs is 4. The van der Waals surface area contributed by atoms with Crippen molar-refractivity contribution >= 4 is 69.1 Å². The molecule has 0 radical (unpaired) electrons. The number of hydrogen-bond donors (Lipinski definition) is 1. The molecule has 1 N–H and O–H groups in total. The van der Waals surface area contributed by atoms with Crippen molar-refractivity contribution in [2.24, 2.45) is 9.98 Å². The second-order valence-electron chi connectivity index (χ2n) is 9.03. The predicted molar refractivity (Wildman–Crippen MR) is 158 cm³/mol. The number of halogens is 2. The lowest BCUT2D eigenvalue weighted by molar-refractivity contribution is 0.830. The highest BCUT2D eigenvalue weighted by Crippen LogP contribution is 2.49. The van der Waals surface area contributed by atoms with Crippen molar-refractivity contribution in [1.82, 2.24) is 9.78 Å². The van der Waals surface area contributed by atoms with Gasteiger partial charge in [0.25, 0.3) is 0 Å². The van der Waals surface area contributed by atoms with E-state index in [9.17, 15) is 0 Å². The Kier molecular flexibility index (Phi) is 5.58. The molecule has 2 aliphatic heterocycles. The fraction of sp³-hybridized carbons (Fsp3) is 0.0690. The molecule has 9 heteroatoms. The van der Waals surface area contributed by atoms with Crippen LogP contribution in [0.4, 0.5) is 22.9 Å². The van der Waals surface area contributed by atoms with E-state index in [1.54, 1.807) is 17.4 Å². The largest absolute Gasteiger partial charge is 0.337 e. The molecule has 0 saturated carbocycles. The first-order valence-electron chi connectivity index (χ1n) is 12.0. The molecule has 1 unspecified atom stereocenters. The van der Waals surface area contributed by atoms with Crippen LogP contribution in [0.1, 0.15) is 22.2 Å². The summed E-state index contributed by atoms with van der Waals surface area (Å²) >= 11 is 14.4. The third kappa shape index (κ3) is 3.82. The smallest absolute Gasteiger partial charge is 0.179 e. The molecule has 38 heavy (non-hydrogen) atoms. The van der Waals surface area contributed by atoms with Gasteiger partial charge in [-0.05, 0) is 60.8 Å². The van der Waals surface area contributed by atoms with Gasteiger partial charge in [-0.2, -0.15) is 5.10 Å². The number of amidine groups is 2. The lowest BCUT2D eigenvalue weighted by atomic mass is 9.98. The van der Waals surface area contributed by atoms with Crippen LogP contribution < -0.4 is 10.2 Å². The Morgan fingerprint density at radius 1 is 0.868 bits per heavy atom. The number of aliphatic imine (C=N–C) groups is 2. The maximum absolute atomic E-state index is 6.32. The van der Waals surface area contributed by atoms with Crippen LogP contribution in [0.2, 0.25) is 10.0 Å². The van der Waals surface area contributed by atoms with Crippen molar-refractivity contribution in [3.8, 4) is 5.69 Å². The summed E-state index contributed by atoms with van der Waals surface area (Å²) in [5, 5.41) is 11.6. The zero-order chi connectivity index (χ0) is 25.8. The molecule has 0 fully saturated rings. The van der Waals surface area contributed by atoms with E-state index in [4.69, 9.17) is 38.3 Å². The summed E-state index contributed by atoms with van der Waals surface area (Å²) in [5.41, 5.74) is 5.51. The first-order chi connectivity index (χ1) is 18.6. The van der Waals surface area contributed by atoms with Gasteiger partial charge in [0.15, 0.2) is 17.5 Å². The van der Waals surface area contributed by atoms with E-state index in [0.717, 1.165) is 39.8 Å². The zero-order valence-corrected chi connectivity index (χ0v) is 22.5. The molecule has 0 spiro atoms. The number of para-hydroxylation sites is 3. The quantitative estimate of drug-likeness (QED) is 0.244. The Morgan fingerprint density at radius 2 is 1.63 bits per heavy atom. The molecule has 6 nitrogen and oxygen atoms in total. The summed E-state index contributed by atoms with van der Waals surface area (Å²) < 4.78 is 1.92. The van der Waals surface area contributed by atoms with E-state index in [1.165, 1.54) is 4.88 Å². The Hall–Kier alpha value is -3.91. The van der Waals surface area contributed by atoms with Crippen molar-refractivity contribution in [3.05, 3.63) is 116 Å². The highest BCUT2D eigenvalue weighted by molar-refractivity contribution is 7.10. The van der Waals surface area contributed by atoms with Gasteiger partial charge in [0, 0.05) is 26.2 Å². The van der Waals surface area contributed by atoms with Gasteiger partial charge >= 0.3 is 0 Å². The van der Waals surface area contributed by atoms with Gasteiger partial charge in [-0.25, -0.2) is 14.7 Å². The number of hydrogen-bond acceptors (Lipinski definition) is 6. The average molecular weight is 555 g/mol. The summed E-state index contributed by atoms with van der Waals surface area (Å²) in [4.78, 5) is 13.7. The van der Waals surface area contributed by atoms with E-state index >= 15 is 0 Å². The van der Waals surface area contributed by atoms with E-state index in [1.807, 2.05) is 65.3 Å². The number of anilines is 2. The number of aromatic nitrogens is 2. The highest BCUT2D eigenvalue weighted by atomic mass is 35.5. The van der Waals surface area contributed by atoms with Gasteiger partial charge in [0.2, 0.25) is 0 Å². The van der Waals surface area contributed by atoms with Crippen molar-refractivity contribution in [2.45, 2.75) is 13.0 Å². The second-order valence-corrected chi connectivity index (χ2v) is 10.9. The molecule has 0 amide bonds. The van der Waals surface area contributed by atoms with Crippen LogP contribution in [-0.4, -0.2) is 21.5 Å². The van der Waals surface area contributed by atoms with Crippen molar-refractivity contribution in [3.63, 3.8) is 0 Å². The third-order valence-electron chi connectivity index (χ3n) is 6.58. The Balaban J connectivity index is 1.49. The van der Waals surface area contributed by atoms with E-state index in [2.05, 4.69) is 40.7 Å². The Labute approximate surface area is 233 Å². The summed E-state index contributed by atoms with van der Waals surface area (Å²) in [6, 6.07) is 27.7. The van der Waals surface area contributed by atoms with E-state index in [0.29, 0.717) is 21.7 Å². The van der Waals surface area contributed by atoms with Crippen LogP contribution in [0.5, 0.6) is 0 Å². The molecular weight excluding hydrogens is 535 g/mol. The minimum atomic E-state index is -0.133. The molecule has 186 valence electrons. The highest BCUT2D eigenvalue weighted by Gasteiger charge is 2.41. The monoisotopic (exact) mass is 554 g/mol. The van der Waals surface area contributed by atoms with Gasteiger partial charge in [-0.15, -0.1) is 11.3 Å². The Bertz CT molecular complexity index is 1720. The molecule has 5 aromatic rings. The summed E-state index contributed by atoms with van der Waals surface area (Å²) in [7, 11) is 0. The van der Waals surface area contributed by atoms with Crippen LogP contribution in [0.3, 0.4) is 0 Å². The molecule has 0 saturated heterocycles. The minimum Gasteiger partial charge on any atom is -0.337 e. The number of aryl methyl sites for hydroxylation is 1. The van der Waals surface area contributed by atoms with Crippen LogP contribution in [0.25, 0.3) is 5.69 Å². The molecule has 2 aromatic heterocycles. The fourth-order valence-electron chi connectivity index (χ4n) is 5.03. The molecule has 3 aromatic carbocycles. The molecule has 7 rings (SSSR count). The van der Waals surface area contributed by atoms with Crippen LogP contribution in [0.15, 0.2) is 100 Å². The number of nitrogens with zero attached hydrogens (tertiary/aromatic N) is 5. The summed E-state index contributed by atoms with van der Waals surface area (Å²) in [6.45, 7) is 2.05. The van der Waals surface area contributed by atoms with Crippen LogP contribution in [0, 0.1) is 6.92 Å². The van der Waals surface area contributed by atoms with Crippen LogP contribution in [-0.2, 0) is 0 Å². The average Bonchev–Trinajstić information content (AvgIpc) is 3.56. The molecule has 4 heterocycles. The van der Waals surface area contributed by atoms with Gasteiger partial charge in [0.05, 0.1) is 22.8 Å². The third-order valence-corrected chi connectivity index (χ3v) is 7.94. The predicted octanol–water partition coefficient (Wildman–Crippen LogP) is 8.34. The van der Waals surface area contributed by atoms with Gasteiger partial charge in [-0.3, -0.25) is 0 Å². The van der Waals surface area contributed by atoms with Crippen LogP contribution >= 0.6 is 34.5 Å². The topological polar surface area (TPSA) is 57.8 Å². The van der Waals surface area contributed by atoms with E-state index < -0.39 is 0 Å². The lowest BCUT2D eigenvalue weighted by Gasteiger charge is -2.40. The zero-order valence-electron chi connectivity index (χ0n) is 20.1. The number of thiophene rings is 1. The number of benzene rings is 3. The first-order valence-corrected chi connectivity index (χ1v) is 13.7. The Morgan fingerprint density at radius 3 is 2.39 bits per heavy atom. The number of nitrogens with one attached hydrogen (secondary N) is 1.